The molecule has 0 heterocycles. The van der Waals surface area contributed by atoms with Crippen molar-refractivity contribution < 1.29 is 39.3 Å². The minimum atomic E-state index is -1.69. The van der Waals surface area contributed by atoms with Crippen LogP contribution in [0.1, 0.15) is 25.7 Å². The van der Waals surface area contributed by atoms with Crippen molar-refractivity contribution in [1.29, 1.82) is 0 Å². The Balaban J connectivity index is 0.00000121. The maximum atomic E-state index is 10.4. The van der Waals surface area contributed by atoms with Gasteiger partial charge >= 0.3 is 19.5 Å². The van der Waals surface area contributed by atoms with E-state index in [-0.39, 0.29) is 32.3 Å². The van der Waals surface area contributed by atoms with Crippen molar-refractivity contribution in [2.24, 2.45) is 5.41 Å². The predicted molar refractivity (Wildman–Crippen MR) is 30.9 cm³/mol. The number of hydrogen-bond donors (Lipinski definition) is 0. The molecule has 0 atom stereocenters. The summed E-state index contributed by atoms with van der Waals surface area (Å²) in [6.45, 7) is 0. The van der Waals surface area contributed by atoms with E-state index in [0.717, 1.165) is 0 Å². The van der Waals surface area contributed by atoms with Gasteiger partial charge in [-0.05, 0) is 12.8 Å². The van der Waals surface area contributed by atoms with Gasteiger partial charge in [0.2, 0.25) is 0 Å². The van der Waals surface area contributed by atoms with Gasteiger partial charge in [-0.3, -0.25) is 0 Å². The molecule has 1 aliphatic carbocycles. The molecule has 0 aromatic rings. The van der Waals surface area contributed by atoms with Crippen LogP contribution in [0.15, 0.2) is 0 Å². The summed E-state index contributed by atoms with van der Waals surface area (Å²) < 4.78 is 0. The molecule has 0 N–H and O–H groups in total. The molecule has 1 aliphatic rings. The molecule has 5 heteroatoms. The Morgan fingerprint density at radius 1 is 1.00 bits per heavy atom. The smallest absolute Gasteiger partial charge is 0.549 e. The second kappa shape index (κ2) is 3.99. The Morgan fingerprint density at radius 2 is 1.33 bits per heavy atom. The van der Waals surface area contributed by atoms with Crippen molar-refractivity contribution in [3.05, 3.63) is 0 Å². The van der Waals surface area contributed by atoms with Crippen molar-refractivity contribution in [3.8, 4) is 0 Å². The average molecular weight is 222 g/mol. The molecule has 62 valence electrons. The number of aliphatic carboxylic acids is 2. The summed E-state index contributed by atoms with van der Waals surface area (Å²) in [6.07, 6.45) is 1.55. The molecule has 0 radical (unpaired) electrons. The van der Waals surface area contributed by atoms with Crippen molar-refractivity contribution in [2.45, 2.75) is 25.7 Å². The summed E-state index contributed by atoms with van der Waals surface area (Å²) >= 11 is 0. The third kappa shape index (κ3) is 1.66. The zero-order valence-electron chi connectivity index (χ0n) is 6.67. The van der Waals surface area contributed by atoms with Crippen LogP contribution in [0.25, 0.3) is 0 Å². The topological polar surface area (TPSA) is 80.3 Å². The van der Waals surface area contributed by atoms with Crippen molar-refractivity contribution >= 4 is 11.9 Å². The Kier molecular flexibility index (Phi) is 3.84. The predicted octanol–water partition coefficient (Wildman–Crippen LogP) is -1.96. The van der Waals surface area contributed by atoms with E-state index in [9.17, 15) is 19.8 Å². The van der Waals surface area contributed by atoms with Crippen LogP contribution >= 0.6 is 0 Å². The van der Waals surface area contributed by atoms with Crippen LogP contribution in [0.4, 0.5) is 0 Å². The molecule has 0 amide bonds. The van der Waals surface area contributed by atoms with E-state index in [1.165, 1.54) is 0 Å². The second-order valence-corrected chi connectivity index (χ2v) is 2.86. The van der Waals surface area contributed by atoms with E-state index in [2.05, 4.69) is 0 Å². The number of hydrogen-bond acceptors (Lipinski definition) is 4. The summed E-state index contributed by atoms with van der Waals surface area (Å²) in [7, 11) is 0. The van der Waals surface area contributed by atoms with Gasteiger partial charge in [0, 0.05) is 5.41 Å². The van der Waals surface area contributed by atoms with E-state index in [0.29, 0.717) is 12.8 Å². The van der Waals surface area contributed by atoms with Crippen LogP contribution in [-0.2, 0) is 29.1 Å². The third-order valence-electron chi connectivity index (χ3n) is 2.24. The first-order chi connectivity index (χ1) is 5.09. The van der Waals surface area contributed by atoms with Crippen LogP contribution in [0.2, 0.25) is 0 Å². The van der Waals surface area contributed by atoms with Crippen LogP contribution in [0.3, 0.4) is 0 Å². The van der Waals surface area contributed by atoms with Crippen LogP contribution in [0, 0.1) is 5.41 Å². The standard InChI is InChI=1S/C7H10O4.Zn/c8-5(9)7(6(10)11)3-1-2-4-7;/h1-4H2,(H,8,9)(H,10,11);/q;+2/p-2. The minimum absolute atomic E-state index is 0. The summed E-state index contributed by atoms with van der Waals surface area (Å²) in [4.78, 5) is 20.9. The molecule has 12 heavy (non-hydrogen) atoms. The zero-order valence-corrected chi connectivity index (χ0v) is 9.64. The van der Waals surface area contributed by atoms with E-state index >= 15 is 0 Å². The largest absolute Gasteiger partial charge is 2.00 e. The molecule has 0 aromatic carbocycles. The van der Waals surface area contributed by atoms with E-state index in [1.807, 2.05) is 0 Å². The zero-order chi connectivity index (χ0) is 8.48. The van der Waals surface area contributed by atoms with Gasteiger partial charge in [0.1, 0.15) is 0 Å². The van der Waals surface area contributed by atoms with Crippen molar-refractivity contribution in [2.75, 3.05) is 0 Å². The maximum absolute atomic E-state index is 10.4. The van der Waals surface area contributed by atoms with Gasteiger partial charge in [0.15, 0.2) is 0 Å². The molecule has 1 saturated carbocycles. The Bertz CT molecular complexity index is 180. The van der Waals surface area contributed by atoms with E-state index in [4.69, 9.17) is 0 Å². The number of rotatable bonds is 2. The fourth-order valence-electron chi connectivity index (χ4n) is 1.47. The first kappa shape index (κ1) is 11.6. The van der Waals surface area contributed by atoms with Crippen LogP contribution in [-0.4, -0.2) is 11.9 Å². The summed E-state index contributed by atoms with van der Waals surface area (Å²) in [5.41, 5.74) is -1.69. The molecule has 0 saturated heterocycles. The molecule has 0 spiro atoms. The van der Waals surface area contributed by atoms with Gasteiger partial charge in [0.25, 0.3) is 0 Å². The first-order valence-corrected chi connectivity index (χ1v) is 3.52. The average Bonchev–Trinajstić information content (AvgIpc) is 2.34. The molecule has 0 unspecified atom stereocenters. The van der Waals surface area contributed by atoms with Gasteiger partial charge in [-0.25, -0.2) is 0 Å². The fourth-order valence-corrected chi connectivity index (χ4v) is 1.47. The Hall–Kier alpha value is -0.437. The maximum Gasteiger partial charge on any atom is 2.00 e. The summed E-state index contributed by atoms with van der Waals surface area (Å²) in [5, 5.41) is 20.9. The number of carboxylic acid groups (broad SMARTS) is 2. The Labute approximate surface area is 82.7 Å². The minimum Gasteiger partial charge on any atom is -0.549 e. The van der Waals surface area contributed by atoms with Gasteiger partial charge < -0.3 is 19.8 Å². The van der Waals surface area contributed by atoms with Gasteiger partial charge in [-0.15, -0.1) is 0 Å². The van der Waals surface area contributed by atoms with Crippen molar-refractivity contribution in [1.82, 2.24) is 0 Å². The van der Waals surface area contributed by atoms with Gasteiger partial charge in [-0.2, -0.15) is 0 Å². The fraction of sp³-hybridized carbons (Fsp3) is 0.714. The molecule has 1 rings (SSSR count). The van der Waals surface area contributed by atoms with Crippen LogP contribution < -0.4 is 10.2 Å². The molecule has 0 aliphatic heterocycles. The normalized spacial score (nSPS) is 19.7. The summed E-state index contributed by atoms with van der Waals surface area (Å²) in [5.74, 6) is -3.01. The second-order valence-electron chi connectivity index (χ2n) is 2.86. The van der Waals surface area contributed by atoms with Crippen LogP contribution in [0.5, 0.6) is 0 Å². The SMILES string of the molecule is O=C([O-])C1(C(=O)[O-])CCCC1.[Zn+2]. The number of carboxylic acids is 2. The van der Waals surface area contributed by atoms with Gasteiger partial charge in [-0.1, -0.05) is 12.8 Å². The van der Waals surface area contributed by atoms with E-state index < -0.39 is 17.4 Å². The third-order valence-corrected chi connectivity index (χ3v) is 2.24. The summed E-state index contributed by atoms with van der Waals surface area (Å²) in [6, 6.07) is 0. The molecular formula is C7H8O4Zn. The molecule has 0 aromatic heterocycles. The van der Waals surface area contributed by atoms with E-state index in [1.54, 1.807) is 0 Å². The first-order valence-electron chi connectivity index (χ1n) is 3.52. The number of carbonyl (C=O) groups is 2. The van der Waals surface area contributed by atoms with Gasteiger partial charge in [0.05, 0.1) is 11.9 Å². The monoisotopic (exact) mass is 220 g/mol. The Morgan fingerprint density at radius 3 is 1.50 bits per heavy atom. The van der Waals surface area contributed by atoms with Crippen molar-refractivity contribution in [3.63, 3.8) is 0 Å². The molecule has 1 fully saturated rings. The molecule has 4 nitrogen and oxygen atoms in total. The number of carbonyl (C=O) groups excluding carboxylic acids is 2. The molecule has 0 bridgehead atoms. The molecular weight excluding hydrogens is 213 g/mol. The quantitative estimate of drug-likeness (QED) is 0.401.